The van der Waals surface area contributed by atoms with E-state index >= 15 is 0 Å². The Morgan fingerprint density at radius 3 is 2.14 bits per heavy atom. The van der Waals surface area contributed by atoms with Gasteiger partial charge in [0, 0.05) is 83.0 Å². The number of para-hydroxylation sites is 1. The first-order valence-electron chi connectivity index (χ1n) is 34.8. The van der Waals surface area contributed by atoms with Gasteiger partial charge in [-0.25, -0.2) is 14.6 Å². The van der Waals surface area contributed by atoms with E-state index in [1.807, 2.05) is 54.7 Å². The number of ether oxygens (including phenoxy) is 6. The second kappa shape index (κ2) is 39.9. The SMILES string of the molecule is CCCCCNc1nc(N)nc2ccn(Cc3ccc(CN4CC(N(C)C(=O)OCc5ccc(NC(=O)[C@H](CCCNC(N)=O)NC(=O)[C@@H](NC(=O)CCOCCOCCOCCOCCNC(=O)CCC(=O)N6Cc7ccccc7/C(C)=C\c7ccccc76)C(C)C)cc5)C4)cc3OC)c12. The molecule has 0 saturated carbocycles. The highest BCUT2D eigenvalue weighted by molar-refractivity contribution is 6.00. The summed E-state index contributed by atoms with van der Waals surface area (Å²) in [5.74, 6) is -0.530. The van der Waals surface area contributed by atoms with Gasteiger partial charge in [0.25, 0.3) is 0 Å². The number of likely N-dealkylation sites (tertiary alicyclic amines) is 1. The van der Waals surface area contributed by atoms with Crippen LogP contribution in [-0.2, 0) is 73.9 Å². The van der Waals surface area contributed by atoms with Crippen molar-refractivity contribution in [3.8, 4) is 5.75 Å². The van der Waals surface area contributed by atoms with Crippen molar-refractivity contribution < 1.29 is 62.0 Å². The smallest absolute Gasteiger partial charge is 0.410 e. The van der Waals surface area contributed by atoms with Crippen LogP contribution >= 0.6 is 0 Å². The third-order valence-corrected chi connectivity index (χ3v) is 17.4. The fourth-order valence-corrected chi connectivity index (χ4v) is 11.8. The molecule has 0 bridgehead atoms. The fourth-order valence-electron chi connectivity index (χ4n) is 11.8. The predicted molar refractivity (Wildman–Crippen MR) is 387 cm³/mol. The molecule has 6 aromatic rings. The summed E-state index contributed by atoms with van der Waals surface area (Å²) in [6.45, 7) is 14.1. The zero-order chi connectivity index (χ0) is 72.0. The van der Waals surface area contributed by atoms with Crippen LogP contribution in [0.25, 0.3) is 22.7 Å². The number of nitrogens with zero attached hydrogens (tertiary/aromatic N) is 6. The Kier molecular flexibility index (Phi) is 30.5. The second-order valence-corrected chi connectivity index (χ2v) is 25.4. The molecule has 2 aliphatic rings. The van der Waals surface area contributed by atoms with E-state index in [1.54, 1.807) is 62.1 Å². The molecule has 4 heterocycles. The number of nitrogens with one attached hydrogen (secondary N) is 6. The molecule has 0 aliphatic carbocycles. The molecule has 0 spiro atoms. The molecule has 27 heteroatoms. The number of benzene rings is 4. The third kappa shape index (κ3) is 24.0. The molecule has 0 radical (unpaired) electrons. The molecule has 2 aromatic heterocycles. The number of nitrogens with two attached hydrogens (primary N) is 2. The Morgan fingerprint density at radius 2 is 1.42 bits per heavy atom. The van der Waals surface area contributed by atoms with E-state index in [0.29, 0.717) is 89.2 Å². The number of fused-ring (bicyclic) bond motifs is 3. The fraction of sp³-hybridized carbons (Fsp3) is 0.473. The van der Waals surface area contributed by atoms with E-state index in [2.05, 4.69) is 95.5 Å². The lowest BCUT2D eigenvalue weighted by molar-refractivity contribution is -0.132. The lowest BCUT2D eigenvalue weighted by atomic mass is 9.95. The molecule has 4 aromatic carbocycles. The van der Waals surface area contributed by atoms with E-state index < -0.39 is 41.9 Å². The average molecular weight is 1390 g/mol. The molecule has 1 saturated heterocycles. The number of urea groups is 1. The number of likely N-dealkylation sites (N-methyl/N-ethyl adjacent to an activating group) is 1. The molecule has 2 aliphatic heterocycles. The number of methoxy groups -OCH3 is 1. The summed E-state index contributed by atoms with van der Waals surface area (Å²) in [5, 5.41) is 17.2. The lowest BCUT2D eigenvalue weighted by Gasteiger charge is -2.43. The highest BCUT2D eigenvalue weighted by Crippen LogP contribution is 2.34. The van der Waals surface area contributed by atoms with Crippen LogP contribution in [0.5, 0.6) is 5.75 Å². The van der Waals surface area contributed by atoms with Gasteiger partial charge in [-0.1, -0.05) is 100 Å². The van der Waals surface area contributed by atoms with E-state index in [9.17, 15) is 33.6 Å². The molecule has 10 N–H and O–H groups in total. The lowest BCUT2D eigenvalue weighted by Crippen LogP contribution is -2.59. The zero-order valence-electron chi connectivity index (χ0n) is 59.0. The molecular weight excluding hydrogens is 1290 g/mol. The van der Waals surface area contributed by atoms with Crippen LogP contribution in [-0.4, -0.2) is 184 Å². The number of allylic oxidation sites excluding steroid dienone is 1. The number of unbranched alkanes of at least 4 members (excludes halogenated alkanes) is 2. The Balaban J connectivity index is 0.668. The number of amides is 8. The first kappa shape index (κ1) is 77.1. The van der Waals surface area contributed by atoms with Crippen molar-refractivity contribution in [2.75, 3.05) is 121 Å². The number of primary amides is 1. The van der Waals surface area contributed by atoms with Crippen LogP contribution in [0.15, 0.2) is 103 Å². The summed E-state index contributed by atoms with van der Waals surface area (Å²) in [4.78, 5) is 106. The summed E-state index contributed by atoms with van der Waals surface area (Å²) in [6.07, 6.45) is 7.40. The Morgan fingerprint density at radius 1 is 0.713 bits per heavy atom. The molecule has 544 valence electrons. The Labute approximate surface area is 591 Å². The van der Waals surface area contributed by atoms with Crippen molar-refractivity contribution in [2.24, 2.45) is 11.7 Å². The number of carbonyl (C=O) groups is 7. The van der Waals surface area contributed by atoms with E-state index in [4.69, 9.17) is 39.9 Å². The average Bonchev–Trinajstić information content (AvgIpc) is 1.78. The van der Waals surface area contributed by atoms with Crippen molar-refractivity contribution in [3.05, 3.63) is 137 Å². The van der Waals surface area contributed by atoms with Gasteiger partial charge < -0.3 is 86.2 Å². The van der Waals surface area contributed by atoms with Crippen LogP contribution in [0.1, 0.15) is 112 Å². The number of rotatable bonds is 41. The van der Waals surface area contributed by atoms with Gasteiger partial charge in [-0.15, -0.1) is 0 Å². The number of carbonyl (C=O) groups excluding carboxylic acids is 7. The first-order chi connectivity index (χ1) is 48.9. The molecule has 0 unspecified atom stereocenters. The maximum Gasteiger partial charge on any atom is 0.410 e. The van der Waals surface area contributed by atoms with Crippen molar-refractivity contribution in [1.82, 2.24) is 45.6 Å². The number of nitrogen functional groups attached to an aromatic ring is 1. The molecule has 101 heavy (non-hydrogen) atoms. The summed E-state index contributed by atoms with van der Waals surface area (Å²) >= 11 is 0. The number of hydrogen-bond acceptors (Lipinski definition) is 18. The maximum absolute atomic E-state index is 13.8. The molecule has 1 fully saturated rings. The normalized spacial score (nSPS) is 14.0. The monoisotopic (exact) mass is 1390 g/mol. The topological polar surface area (TPSA) is 340 Å². The highest BCUT2D eigenvalue weighted by Gasteiger charge is 2.34. The predicted octanol–water partition coefficient (Wildman–Crippen LogP) is 7.60. The largest absolute Gasteiger partial charge is 0.496 e. The third-order valence-electron chi connectivity index (χ3n) is 17.4. The van der Waals surface area contributed by atoms with Gasteiger partial charge in [0.15, 0.2) is 5.82 Å². The number of aromatic nitrogens is 3. The minimum absolute atomic E-state index is 0.00610. The Hall–Kier alpha value is -9.67. The molecule has 2 atom stereocenters. The van der Waals surface area contributed by atoms with E-state index in [-0.39, 0.29) is 95.0 Å². The minimum Gasteiger partial charge on any atom is -0.496 e. The number of hydrogen-bond donors (Lipinski definition) is 8. The van der Waals surface area contributed by atoms with Crippen LogP contribution < -0.4 is 53.0 Å². The van der Waals surface area contributed by atoms with Gasteiger partial charge in [0.2, 0.25) is 35.5 Å². The van der Waals surface area contributed by atoms with E-state index in [1.165, 1.54) is 0 Å². The summed E-state index contributed by atoms with van der Waals surface area (Å²) < 4.78 is 36.0. The molecule has 27 nitrogen and oxygen atoms in total. The highest BCUT2D eigenvalue weighted by atomic mass is 16.6. The van der Waals surface area contributed by atoms with Gasteiger partial charge in [-0.05, 0) is 102 Å². The van der Waals surface area contributed by atoms with Crippen molar-refractivity contribution in [3.63, 3.8) is 0 Å². The second-order valence-electron chi connectivity index (χ2n) is 25.4. The standard InChI is InChI=1S/C74H100N14O13/c1-7-8-13-30-78-69-68-60(82-72(75)84-69)28-33-87(68)45-56-23-20-53(43-63(56)96-6)44-86-47-58(48-86)85(5)74(95)101-49-52-21-24-57(25-22-52)80-70(92)61(18-14-31-79-73(76)94)81-71(93)67(50(2)3)83-65(90)29-34-97-36-38-99-40-41-100-39-37-98-35-32-77-64(89)26-27-66(91)88-46-55-16-9-11-17-59(55)51(4)42-54-15-10-12-19-62(54)88/h9-12,15-17,19-25,28,33,42-43,50,58,61,67H,7-8,13-14,18,26-27,29-32,34-41,44-49H2,1-6H3,(H,77,89)(H,80,92)(H,81,93)(H,83,90)(H3,76,79,94)(H3,75,78,82,84)/b51-42-/t61-,67-/m0/s1. The quantitative estimate of drug-likeness (QED) is 0.0171. The number of anilines is 4. The Bertz CT molecular complexity index is 3750. The van der Waals surface area contributed by atoms with Crippen LogP contribution in [0.4, 0.5) is 32.7 Å². The van der Waals surface area contributed by atoms with Crippen LogP contribution in [0.3, 0.4) is 0 Å². The van der Waals surface area contributed by atoms with Crippen molar-refractivity contribution >= 4 is 87.5 Å². The summed E-state index contributed by atoms with van der Waals surface area (Å²) in [7, 11) is 3.39. The summed E-state index contributed by atoms with van der Waals surface area (Å²) in [6, 6.07) is 28.0. The molecule has 8 rings (SSSR count). The molecular formula is C74H100N14O13. The van der Waals surface area contributed by atoms with Crippen molar-refractivity contribution in [2.45, 2.75) is 123 Å². The van der Waals surface area contributed by atoms with Gasteiger partial charge in [0.05, 0.1) is 90.3 Å². The van der Waals surface area contributed by atoms with Gasteiger partial charge in [-0.3, -0.25) is 28.9 Å². The zero-order valence-corrected chi connectivity index (χ0v) is 59.0. The van der Waals surface area contributed by atoms with Gasteiger partial charge in [-0.2, -0.15) is 4.98 Å². The minimum atomic E-state index is -1.05. The summed E-state index contributed by atoms with van der Waals surface area (Å²) in [5.41, 5.74) is 21.2. The van der Waals surface area contributed by atoms with Gasteiger partial charge >= 0.3 is 12.1 Å². The van der Waals surface area contributed by atoms with E-state index in [0.717, 1.165) is 81.7 Å². The van der Waals surface area contributed by atoms with Gasteiger partial charge in [0.1, 0.15) is 30.0 Å². The first-order valence-corrected chi connectivity index (χ1v) is 34.8. The van der Waals surface area contributed by atoms with Crippen LogP contribution in [0.2, 0.25) is 0 Å². The maximum atomic E-state index is 13.8. The van der Waals surface area contributed by atoms with Crippen LogP contribution in [0, 0.1) is 5.92 Å². The molecule has 8 amide bonds. The van der Waals surface area contributed by atoms with Crippen molar-refractivity contribution in [1.29, 1.82) is 0 Å².